The van der Waals surface area contributed by atoms with Crippen LogP contribution in [0.1, 0.15) is 5.56 Å². The summed E-state index contributed by atoms with van der Waals surface area (Å²) in [6.07, 6.45) is 1.42. The fraction of sp³-hybridized carbons (Fsp3) is 0.233. The molecule has 2 heterocycles. The average molecular weight is 539 g/mol. The number of nitrogen functional groups attached to an aromatic ring is 1. The van der Waals surface area contributed by atoms with Gasteiger partial charge in [0.15, 0.2) is 0 Å². The van der Waals surface area contributed by atoms with Gasteiger partial charge >= 0.3 is 6.03 Å². The number of likely N-dealkylation sites (N-methyl/N-ethyl adjacent to an activating group) is 1. The summed E-state index contributed by atoms with van der Waals surface area (Å²) in [6, 6.07) is 24.3. The van der Waals surface area contributed by atoms with E-state index in [2.05, 4.69) is 43.5 Å². The van der Waals surface area contributed by atoms with Crippen LogP contribution in [-0.2, 0) is 6.54 Å². The predicted octanol–water partition coefficient (Wildman–Crippen LogP) is 4.61. The van der Waals surface area contributed by atoms with Crippen LogP contribution in [0.15, 0.2) is 85.2 Å². The average Bonchev–Trinajstić information content (AvgIpc) is 2.98. The van der Waals surface area contributed by atoms with Crippen molar-refractivity contribution in [1.82, 2.24) is 20.2 Å². The number of urea groups is 1. The lowest BCUT2D eigenvalue weighted by atomic mass is 10.2. The van der Waals surface area contributed by atoms with Crippen LogP contribution in [0.5, 0.6) is 5.75 Å². The fourth-order valence-corrected chi connectivity index (χ4v) is 4.59. The second kappa shape index (κ2) is 12.4. The van der Waals surface area contributed by atoms with Crippen molar-refractivity contribution in [1.29, 1.82) is 0 Å². The number of nitrogens with two attached hydrogens (primary N) is 1. The standard InChI is InChI=1S/C30H34N8O2/c1-36-13-15-37(16-14-36)24-11-12-26(27(18-24)40-2)35-28-19-29(34-21-33-28)38(25-10-6-9-23(31)17-25)30(39)32-20-22-7-4-3-5-8-22/h3-12,17-19,21H,13-16,20,31H2,1-2H3,(H,32,39)(H,33,34,35). The van der Waals surface area contributed by atoms with Crippen LogP contribution in [0.2, 0.25) is 0 Å². The van der Waals surface area contributed by atoms with Crippen molar-refractivity contribution in [2.45, 2.75) is 6.54 Å². The summed E-state index contributed by atoms with van der Waals surface area (Å²) in [5, 5.41) is 6.31. The van der Waals surface area contributed by atoms with E-state index < -0.39 is 0 Å². The molecule has 1 aromatic heterocycles. The zero-order valence-corrected chi connectivity index (χ0v) is 22.7. The number of amides is 2. The summed E-state index contributed by atoms with van der Waals surface area (Å²) < 4.78 is 5.71. The van der Waals surface area contributed by atoms with Gasteiger partial charge in [-0.3, -0.25) is 0 Å². The van der Waals surface area contributed by atoms with E-state index in [1.54, 1.807) is 31.4 Å². The molecule has 0 unspecified atom stereocenters. The molecular formula is C30H34N8O2. The lowest BCUT2D eigenvalue weighted by Gasteiger charge is -2.34. The molecule has 4 N–H and O–H groups in total. The molecule has 1 aliphatic rings. The van der Waals surface area contributed by atoms with Crippen LogP contribution in [0.4, 0.5) is 39.2 Å². The van der Waals surface area contributed by atoms with E-state index in [0.717, 1.165) is 43.1 Å². The SMILES string of the molecule is COc1cc(N2CCN(C)CC2)ccc1Nc1cc(N(C(=O)NCc2ccccc2)c2cccc(N)c2)ncn1. The Morgan fingerprint density at radius 3 is 2.52 bits per heavy atom. The minimum Gasteiger partial charge on any atom is -0.494 e. The molecule has 0 spiro atoms. The van der Waals surface area contributed by atoms with Crippen LogP contribution in [-0.4, -0.2) is 61.2 Å². The second-order valence-electron chi connectivity index (χ2n) is 9.64. The summed E-state index contributed by atoms with van der Waals surface area (Å²) >= 11 is 0. The Balaban J connectivity index is 1.39. The third-order valence-electron chi connectivity index (χ3n) is 6.82. The topological polar surface area (TPSA) is 112 Å². The van der Waals surface area contributed by atoms with Crippen molar-refractivity contribution < 1.29 is 9.53 Å². The third kappa shape index (κ3) is 6.41. The van der Waals surface area contributed by atoms with Gasteiger partial charge in [-0.1, -0.05) is 36.4 Å². The van der Waals surface area contributed by atoms with Crippen LogP contribution < -0.4 is 30.9 Å². The number of carbonyl (C=O) groups excluding carboxylic acids is 1. The Morgan fingerprint density at radius 1 is 0.975 bits per heavy atom. The van der Waals surface area contributed by atoms with Gasteiger partial charge in [0, 0.05) is 56.2 Å². The molecule has 0 radical (unpaired) electrons. The number of aromatic nitrogens is 2. The number of anilines is 6. The maximum Gasteiger partial charge on any atom is 0.327 e. The summed E-state index contributed by atoms with van der Waals surface area (Å²) in [5.74, 6) is 1.60. The van der Waals surface area contributed by atoms with Crippen LogP contribution in [0, 0.1) is 0 Å². The first-order valence-electron chi connectivity index (χ1n) is 13.2. The Morgan fingerprint density at radius 2 is 1.77 bits per heavy atom. The van der Waals surface area contributed by atoms with E-state index in [0.29, 0.717) is 35.3 Å². The molecule has 3 aromatic carbocycles. The lowest BCUT2D eigenvalue weighted by molar-refractivity contribution is 0.248. The number of nitrogens with one attached hydrogen (secondary N) is 2. The zero-order chi connectivity index (χ0) is 27.9. The maximum absolute atomic E-state index is 13.5. The van der Waals surface area contributed by atoms with E-state index in [1.165, 1.54) is 11.2 Å². The molecule has 206 valence electrons. The normalized spacial score (nSPS) is 13.5. The van der Waals surface area contributed by atoms with Gasteiger partial charge in [-0.15, -0.1) is 0 Å². The number of piperazine rings is 1. The van der Waals surface area contributed by atoms with E-state index in [4.69, 9.17) is 10.5 Å². The molecule has 10 heteroatoms. The number of nitrogens with zero attached hydrogens (tertiary/aromatic N) is 5. The highest BCUT2D eigenvalue weighted by Crippen LogP contribution is 2.33. The highest BCUT2D eigenvalue weighted by Gasteiger charge is 2.21. The number of carbonyl (C=O) groups is 1. The van der Waals surface area contributed by atoms with Crippen molar-refractivity contribution in [2.75, 3.05) is 61.2 Å². The van der Waals surface area contributed by atoms with Gasteiger partial charge in [-0.2, -0.15) is 0 Å². The van der Waals surface area contributed by atoms with Crippen molar-refractivity contribution in [3.8, 4) is 5.75 Å². The molecule has 0 atom stereocenters. The van der Waals surface area contributed by atoms with Gasteiger partial charge in [0.1, 0.15) is 23.7 Å². The first kappa shape index (κ1) is 26.8. The predicted molar refractivity (Wildman–Crippen MR) is 160 cm³/mol. The Bertz CT molecular complexity index is 1440. The molecule has 0 bridgehead atoms. The second-order valence-corrected chi connectivity index (χ2v) is 9.64. The molecule has 40 heavy (non-hydrogen) atoms. The quantitative estimate of drug-likeness (QED) is 0.279. The van der Waals surface area contributed by atoms with Gasteiger partial charge in [-0.05, 0) is 42.9 Å². The molecule has 1 saturated heterocycles. The third-order valence-corrected chi connectivity index (χ3v) is 6.82. The molecule has 2 amide bonds. The molecular weight excluding hydrogens is 504 g/mol. The zero-order valence-electron chi connectivity index (χ0n) is 22.7. The van der Waals surface area contributed by atoms with E-state index in [-0.39, 0.29) is 6.03 Å². The maximum atomic E-state index is 13.5. The van der Waals surface area contributed by atoms with Gasteiger partial charge in [0.25, 0.3) is 0 Å². The smallest absolute Gasteiger partial charge is 0.327 e. The molecule has 4 aromatic rings. The molecule has 1 fully saturated rings. The number of benzene rings is 3. The van der Waals surface area contributed by atoms with Crippen molar-refractivity contribution in [2.24, 2.45) is 0 Å². The minimum absolute atomic E-state index is 0.340. The van der Waals surface area contributed by atoms with E-state index in [1.807, 2.05) is 48.5 Å². The number of ether oxygens (including phenoxy) is 1. The fourth-order valence-electron chi connectivity index (χ4n) is 4.59. The summed E-state index contributed by atoms with van der Waals surface area (Å²) in [4.78, 5) is 28.5. The lowest BCUT2D eigenvalue weighted by Crippen LogP contribution is -2.44. The Kier molecular flexibility index (Phi) is 8.26. The molecule has 10 nitrogen and oxygen atoms in total. The van der Waals surface area contributed by atoms with Gasteiger partial charge in [-0.25, -0.2) is 19.7 Å². The Hall–Kier alpha value is -4.83. The molecule has 0 saturated carbocycles. The summed E-state index contributed by atoms with van der Waals surface area (Å²) in [6.45, 7) is 4.34. The number of methoxy groups -OCH3 is 1. The van der Waals surface area contributed by atoms with Crippen molar-refractivity contribution in [3.05, 3.63) is 90.8 Å². The largest absolute Gasteiger partial charge is 0.494 e. The van der Waals surface area contributed by atoms with Crippen LogP contribution in [0.25, 0.3) is 0 Å². The first-order valence-corrected chi connectivity index (χ1v) is 13.2. The van der Waals surface area contributed by atoms with Gasteiger partial charge in [0.2, 0.25) is 0 Å². The van der Waals surface area contributed by atoms with Gasteiger partial charge < -0.3 is 30.9 Å². The van der Waals surface area contributed by atoms with Crippen molar-refractivity contribution in [3.63, 3.8) is 0 Å². The van der Waals surface area contributed by atoms with Gasteiger partial charge in [0.05, 0.1) is 18.5 Å². The van der Waals surface area contributed by atoms with E-state index >= 15 is 0 Å². The highest BCUT2D eigenvalue weighted by molar-refractivity contribution is 5.99. The summed E-state index contributed by atoms with van der Waals surface area (Å²) in [7, 11) is 3.79. The summed E-state index contributed by atoms with van der Waals surface area (Å²) in [5.41, 5.74) is 10.0. The molecule has 1 aliphatic heterocycles. The Labute approximate surface area is 234 Å². The van der Waals surface area contributed by atoms with E-state index in [9.17, 15) is 4.79 Å². The van der Waals surface area contributed by atoms with Crippen LogP contribution in [0.3, 0.4) is 0 Å². The first-order chi connectivity index (χ1) is 19.5. The molecule has 5 rings (SSSR count). The number of hydrogen-bond donors (Lipinski definition) is 3. The number of hydrogen-bond acceptors (Lipinski definition) is 8. The minimum atomic E-state index is -0.340. The number of rotatable bonds is 8. The van der Waals surface area contributed by atoms with Crippen LogP contribution >= 0.6 is 0 Å². The van der Waals surface area contributed by atoms with Crippen molar-refractivity contribution >= 4 is 40.4 Å². The monoisotopic (exact) mass is 538 g/mol. The molecule has 0 aliphatic carbocycles. The highest BCUT2D eigenvalue weighted by atomic mass is 16.5.